The summed E-state index contributed by atoms with van der Waals surface area (Å²) in [7, 11) is 0. The van der Waals surface area contributed by atoms with Gasteiger partial charge in [0.1, 0.15) is 6.17 Å². The number of aromatic carboxylic acids is 1. The quantitative estimate of drug-likeness (QED) is 0.341. The van der Waals surface area contributed by atoms with Gasteiger partial charge in [-0.1, -0.05) is 35.9 Å². The second-order valence-corrected chi connectivity index (χ2v) is 7.73. The average Bonchev–Trinajstić information content (AvgIpc) is 3.11. The lowest BCUT2D eigenvalue weighted by Crippen LogP contribution is -2.28. The van der Waals surface area contributed by atoms with Crippen LogP contribution >= 0.6 is 11.6 Å². The first-order chi connectivity index (χ1) is 15.6. The fourth-order valence-corrected chi connectivity index (χ4v) is 4.01. The second-order valence-electron chi connectivity index (χ2n) is 7.33. The summed E-state index contributed by atoms with van der Waals surface area (Å²) in [5.74, 6) is -1.38. The minimum absolute atomic E-state index is 0.0878. The van der Waals surface area contributed by atoms with Crippen LogP contribution in [0.1, 0.15) is 33.2 Å². The molecule has 0 amide bonds. The first-order valence-corrected chi connectivity index (χ1v) is 9.93. The van der Waals surface area contributed by atoms with Crippen molar-refractivity contribution in [3.05, 3.63) is 98.1 Å². The van der Waals surface area contributed by atoms with Crippen molar-refractivity contribution < 1.29 is 28.0 Å². The molecule has 1 aliphatic rings. The number of rotatable bonds is 5. The van der Waals surface area contributed by atoms with Crippen LogP contribution in [-0.2, 0) is 12.7 Å². The molecule has 3 aromatic rings. The van der Waals surface area contributed by atoms with E-state index in [2.05, 4.69) is 5.32 Å². The van der Waals surface area contributed by atoms with Gasteiger partial charge in [-0.05, 0) is 35.4 Å². The van der Waals surface area contributed by atoms with Crippen LogP contribution in [-0.4, -0.2) is 16.0 Å². The normalized spacial score (nSPS) is 15.3. The Morgan fingerprint density at radius 2 is 1.88 bits per heavy atom. The topological polar surface area (TPSA) is 95.7 Å². The summed E-state index contributed by atoms with van der Waals surface area (Å²) in [5, 5.41) is 23.2. The monoisotopic (exact) mass is 477 g/mol. The molecule has 0 bridgehead atoms. The standard InChI is InChI=1S/C22H15ClF3N3O4/c23-18-7-5-13(10-17(18)22(24,25)26)28-11-12-3-1-2-4-15(12)20(28)27-19-8-6-14(29(32)33)9-16(19)21(30)31/h1-10,20,27H,11H2,(H,30,31). The van der Waals surface area contributed by atoms with E-state index in [0.717, 1.165) is 35.4 Å². The molecule has 0 fully saturated rings. The zero-order valence-corrected chi connectivity index (χ0v) is 17.4. The van der Waals surface area contributed by atoms with Gasteiger partial charge in [-0.3, -0.25) is 10.1 Å². The maximum atomic E-state index is 13.4. The number of nitrogens with zero attached hydrogens (tertiary/aromatic N) is 2. The highest BCUT2D eigenvalue weighted by atomic mass is 35.5. The van der Waals surface area contributed by atoms with E-state index in [1.54, 1.807) is 23.1 Å². The number of hydrogen-bond donors (Lipinski definition) is 2. The third-order valence-electron chi connectivity index (χ3n) is 5.33. The predicted molar refractivity (Wildman–Crippen MR) is 115 cm³/mol. The van der Waals surface area contributed by atoms with Crippen molar-refractivity contribution in [2.75, 3.05) is 10.2 Å². The SMILES string of the molecule is O=C(O)c1cc([N+](=O)[O-])ccc1NC1c2ccccc2CN1c1ccc(Cl)c(C(F)(F)F)c1. The predicted octanol–water partition coefficient (Wildman–Crippen LogP) is 6.10. The Balaban J connectivity index is 1.79. The molecule has 2 N–H and O–H groups in total. The van der Waals surface area contributed by atoms with E-state index in [1.165, 1.54) is 12.1 Å². The van der Waals surface area contributed by atoms with Gasteiger partial charge in [0.05, 0.1) is 26.8 Å². The first kappa shape index (κ1) is 22.4. The second kappa shape index (κ2) is 8.28. The number of benzene rings is 3. The summed E-state index contributed by atoms with van der Waals surface area (Å²) in [6.07, 6.45) is -5.39. The van der Waals surface area contributed by atoms with Crippen LogP contribution < -0.4 is 10.2 Å². The number of hydrogen-bond acceptors (Lipinski definition) is 5. The molecular weight excluding hydrogens is 463 g/mol. The fraction of sp³-hybridized carbons (Fsp3) is 0.136. The van der Waals surface area contributed by atoms with Gasteiger partial charge in [-0.25, -0.2) is 4.79 Å². The Morgan fingerprint density at radius 3 is 2.55 bits per heavy atom. The van der Waals surface area contributed by atoms with Gasteiger partial charge < -0.3 is 15.3 Å². The summed E-state index contributed by atoms with van der Waals surface area (Å²) >= 11 is 5.76. The van der Waals surface area contributed by atoms with Crippen molar-refractivity contribution in [2.45, 2.75) is 18.9 Å². The van der Waals surface area contributed by atoms with Crippen LogP contribution in [0.15, 0.2) is 60.7 Å². The third kappa shape index (κ3) is 4.29. The van der Waals surface area contributed by atoms with Crippen LogP contribution in [0.25, 0.3) is 0 Å². The number of anilines is 2. The maximum Gasteiger partial charge on any atom is 0.417 e. The van der Waals surface area contributed by atoms with E-state index in [1.807, 2.05) is 6.07 Å². The summed E-state index contributed by atoms with van der Waals surface area (Å²) in [6, 6.07) is 14.0. The van der Waals surface area contributed by atoms with E-state index < -0.39 is 39.5 Å². The number of non-ortho nitro benzene ring substituents is 1. The van der Waals surface area contributed by atoms with Crippen LogP contribution in [0.5, 0.6) is 0 Å². The molecule has 4 rings (SSSR count). The summed E-state index contributed by atoms with van der Waals surface area (Å²) < 4.78 is 40.3. The Hall–Kier alpha value is -3.79. The van der Waals surface area contributed by atoms with E-state index in [4.69, 9.17) is 11.6 Å². The molecule has 1 atom stereocenters. The Kier molecular flexibility index (Phi) is 5.62. The molecular formula is C22H15ClF3N3O4. The molecule has 0 aliphatic carbocycles. The molecule has 1 aliphatic heterocycles. The zero-order chi connectivity index (χ0) is 23.9. The molecule has 170 valence electrons. The van der Waals surface area contributed by atoms with Crippen molar-refractivity contribution in [3.8, 4) is 0 Å². The molecule has 11 heteroatoms. The van der Waals surface area contributed by atoms with Crippen LogP contribution in [0.2, 0.25) is 5.02 Å². The van der Waals surface area contributed by atoms with Gasteiger partial charge in [0, 0.05) is 24.4 Å². The number of nitrogens with one attached hydrogen (secondary N) is 1. The highest BCUT2D eigenvalue weighted by molar-refractivity contribution is 6.31. The van der Waals surface area contributed by atoms with Crippen LogP contribution in [0, 0.1) is 10.1 Å². The van der Waals surface area contributed by atoms with Crippen LogP contribution in [0.3, 0.4) is 0 Å². The third-order valence-corrected chi connectivity index (χ3v) is 5.66. The van der Waals surface area contributed by atoms with Gasteiger partial charge in [-0.2, -0.15) is 13.2 Å². The number of fused-ring (bicyclic) bond motifs is 1. The molecule has 33 heavy (non-hydrogen) atoms. The van der Waals surface area contributed by atoms with Gasteiger partial charge in [0.25, 0.3) is 5.69 Å². The summed E-state index contributed by atoms with van der Waals surface area (Å²) in [4.78, 5) is 23.7. The number of nitro benzene ring substituents is 1. The number of alkyl halides is 3. The highest BCUT2D eigenvalue weighted by Crippen LogP contribution is 2.42. The summed E-state index contributed by atoms with van der Waals surface area (Å²) in [6.45, 7) is 0.252. The molecule has 0 saturated heterocycles. The Labute approximate surface area is 190 Å². The van der Waals surface area contributed by atoms with E-state index in [9.17, 15) is 33.2 Å². The number of halogens is 4. The van der Waals surface area contributed by atoms with Crippen molar-refractivity contribution in [1.82, 2.24) is 0 Å². The highest BCUT2D eigenvalue weighted by Gasteiger charge is 2.36. The lowest BCUT2D eigenvalue weighted by Gasteiger charge is -2.30. The zero-order valence-electron chi connectivity index (χ0n) is 16.6. The van der Waals surface area contributed by atoms with Crippen molar-refractivity contribution >= 4 is 34.6 Å². The average molecular weight is 478 g/mol. The molecule has 3 aromatic carbocycles. The lowest BCUT2D eigenvalue weighted by atomic mass is 10.1. The summed E-state index contributed by atoms with van der Waals surface area (Å²) in [5.41, 5.74) is 0.157. The number of nitro groups is 1. The minimum atomic E-state index is -4.66. The molecule has 0 aromatic heterocycles. The lowest BCUT2D eigenvalue weighted by molar-refractivity contribution is -0.384. The largest absolute Gasteiger partial charge is 0.478 e. The van der Waals surface area contributed by atoms with Gasteiger partial charge in [-0.15, -0.1) is 0 Å². The van der Waals surface area contributed by atoms with Gasteiger partial charge in [0.15, 0.2) is 0 Å². The van der Waals surface area contributed by atoms with E-state index >= 15 is 0 Å². The molecule has 0 spiro atoms. The van der Waals surface area contributed by atoms with Crippen molar-refractivity contribution in [3.63, 3.8) is 0 Å². The Morgan fingerprint density at radius 1 is 1.15 bits per heavy atom. The molecule has 1 unspecified atom stereocenters. The maximum absolute atomic E-state index is 13.4. The number of carboxylic acids is 1. The van der Waals surface area contributed by atoms with Gasteiger partial charge in [0.2, 0.25) is 0 Å². The van der Waals surface area contributed by atoms with Crippen molar-refractivity contribution in [2.24, 2.45) is 0 Å². The van der Waals surface area contributed by atoms with Crippen molar-refractivity contribution in [1.29, 1.82) is 0 Å². The molecule has 0 saturated carbocycles. The smallest absolute Gasteiger partial charge is 0.417 e. The molecule has 1 heterocycles. The van der Waals surface area contributed by atoms with Crippen LogP contribution in [0.4, 0.5) is 30.2 Å². The Bertz CT molecular complexity index is 1270. The molecule has 7 nitrogen and oxygen atoms in total. The van der Waals surface area contributed by atoms with E-state index in [-0.39, 0.29) is 23.5 Å². The number of carboxylic acid groups (broad SMARTS) is 1. The fourth-order valence-electron chi connectivity index (χ4n) is 3.79. The van der Waals surface area contributed by atoms with Gasteiger partial charge >= 0.3 is 12.1 Å². The van der Waals surface area contributed by atoms with E-state index in [0.29, 0.717) is 0 Å². The minimum Gasteiger partial charge on any atom is -0.478 e. The molecule has 0 radical (unpaired) electrons. The number of carbonyl (C=O) groups is 1. The first-order valence-electron chi connectivity index (χ1n) is 9.55.